The van der Waals surface area contributed by atoms with Gasteiger partial charge in [-0.15, -0.1) is 6.54 Å². The normalized spacial score (nSPS) is 10.7. The van der Waals surface area contributed by atoms with Gasteiger partial charge in [0, 0.05) is 13.2 Å². The van der Waals surface area contributed by atoms with Crippen LogP contribution in [0.4, 0.5) is 0 Å². The molecule has 0 aliphatic carbocycles. The second-order valence-electron chi connectivity index (χ2n) is 2.51. The van der Waals surface area contributed by atoms with Crippen molar-refractivity contribution in [2.45, 2.75) is 13.8 Å². The van der Waals surface area contributed by atoms with E-state index in [4.69, 9.17) is 4.74 Å². The lowest BCUT2D eigenvalue weighted by molar-refractivity contribution is 0.119. The van der Waals surface area contributed by atoms with Crippen LogP contribution in [0.1, 0.15) is 13.8 Å². The summed E-state index contributed by atoms with van der Waals surface area (Å²) in [5.74, 6) is 0.641. The van der Waals surface area contributed by atoms with Crippen LogP contribution in [-0.4, -0.2) is 26.8 Å². The van der Waals surface area contributed by atoms with Crippen molar-refractivity contribution in [2.24, 2.45) is 5.92 Å². The third-order valence-corrected chi connectivity index (χ3v) is 0.910. The minimum absolute atomic E-state index is 0.641. The van der Waals surface area contributed by atoms with E-state index in [1.807, 2.05) is 0 Å². The first kappa shape index (κ1) is 8.92. The van der Waals surface area contributed by atoms with Crippen LogP contribution < -0.4 is 0 Å². The lowest BCUT2D eigenvalue weighted by Crippen LogP contribution is -2.05. The molecule has 0 saturated heterocycles. The molecule has 2 heteroatoms. The summed E-state index contributed by atoms with van der Waals surface area (Å²) in [6.07, 6.45) is 0. The average Bonchev–Trinajstić information content (AvgIpc) is 1.80. The fraction of sp³-hybridized carbons (Fsp3) is 1.00. The minimum Gasteiger partial charge on any atom is -0.663 e. The van der Waals surface area contributed by atoms with E-state index in [0.29, 0.717) is 5.92 Å². The molecule has 0 N–H and O–H groups in total. The molecule has 0 atom stereocenters. The predicted octanol–water partition coefficient (Wildman–Crippen LogP) is 1.66. The topological polar surface area (TPSA) is 23.3 Å². The van der Waals surface area contributed by atoms with Crippen molar-refractivity contribution in [3.05, 3.63) is 5.32 Å². The van der Waals surface area contributed by atoms with E-state index >= 15 is 0 Å². The lowest BCUT2D eigenvalue weighted by Gasteiger charge is -2.11. The highest BCUT2D eigenvalue weighted by Gasteiger charge is 1.89. The van der Waals surface area contributed by atoms with Crippen molar-refractivity contribution in [2.75, 3.05) is 26.8 Å². The van der Waals surface area contributed by atoms with Gasteiger partial charge in [0.15, 0.2) is 0 Å². The highest BCUT2D eigenvalue weighted by atomic mass is 16.5. The summed E-state index contributed by atoms with van der Waals surface area (Å²) >= 11 is 0. The smallest absolute Gasteiger partial charge is 0.0488 e. The van der Waals surface area contributed by atoms with Crippen molar-refractivity contribution in [3.8, 4) is 0 Å². The van der Waals surface area contributed by atoms with Gasteiger partial charge in [-0.3, -0.25) is 0 Å². The zero-order chi connectivity index (χ0) is 7.11. The molecule has 0 aromatic rings. The van der Waals surface area contributed by atoms with Gasteiger partial charge in [-0.25, -0.2) is 0 Å². The number of hydrogen-bond donors (Lipinski definition) is 0. The Kier molecular flexibility index (Phi) is 5.99. The van der Waals surface area contributed by atoms with Gasteiger partial charge in [0.25, 0.3) is 0 Å². The Morgan fingerprint density at radius 3 is 2.56 bits per heavy atom. The molecule has 9 heavy (non-hydrogen) atoms. The second-order valence-corrected chi connectivity index (χ2v) is 2.51. The van der Waals surface area contributed by atoms with Crippen LogP contribution in [0.5, 0.6) is 0 Å². The zero-order valence-electron chi connectivity index (χ0n) is 6.55. The molecule has 0 heterocycles. The number of hydrogen-bond acceptors (Lipinski definition) is 1. The molecule has 0 aliphatic rings. The van der Waals surface area contributed by atoms with Gasteiger partial charge < -0.3 is 10.1 Å². The lowest BCUT2D eigenvalue weighted by atomic mass is 10.2. The van der Waals surface area contributed by atoms with Crippen LogP contribution in [0, 0.1) is 5.92 Å². The van der Waals surface area contributed by atoms with E-state index in [1.54, 1.807) is 7.05 Å². The van der Waals surface area contributed by atoms with Crippen molar-refractivity contribution in [3.63, 3.8) is 0 Å². The van der Waals surface area contributed by atoms with E-state index in [1.165, 1.54) is 0 Å². The molecule has 0 amide bonds. The van der Waals surface area contributed by atoms with Gasteiger partial charge in [-0.1, -0.05) is 13.8 Å². The molecule has 0 saturated carbocycles. The maximum absolute atomic E-state index is 5.24. The van der Waals surface area contributed by atoms with Gasteiger partial charge in [-0.2, -0.15) is 7.05 Å². The highest BCUT2D eigenvalue weighted by molar-refractivity contribution is 4.67. The minimum atomic E-state index is 0.641. The van der Waals surface area contributed by atoms with Crippen LogP contribution in [0.15, 0.2) is 0 Å². The van der Waals surface area contributed by atoms with Crippen LogP contribution in [0.2, 0.25) is 0 Å². The average molecular weight is 130 g/mol. The van der Waals surface area contributed by atoms with Crippen LogP contribution in [0.25, 0.3) is 5.32 Å². The Labute approximate surface area is 57.6 Å². The van der Waals surface area contributed by atoms with Crippen molar-refractivity contribution >= 4 is 0 Å². The maximum atomic E-state index is 5.24. The van der Waals surface area contributed by atoms with Gasteiger partial charge in [-0.05, 0) is 5.92 Å². The van der Waals surface area contributed by atoms with Gasteiger partial charge in [0.1, 0.15) is 0 Å². The first-order valence-corrected chi connectivity index (χ1v) is 3.40. The molecule has 0 aromatic carbocycles. The molecule has 0 spiro atoms. The fourth-order valence-electron chi connectivity index (χ4n) is 0.475. The van der Waals surface area contributed by atoms with Gasteiger partial charge >= 0.3 is 0 Å². The molecular weight excluding hydrogens is 114 g/mol. The van der Waals surface area contributed by atoms with Crippen LogP contribution >= 0.6 is 0 Å². The summed E-state index contributed by atoms with van der Waals surface area (Å²) in [4.78, 5) is 0. The van der Waals surface area contributed by atoms with Crippen LogP contribution in [0.3, 0.4) is 0 Å². The van der Waals surface area contributed by atoms with E-state index < -0.39 is 0 Å². The number of likely N-dealkylation sites (N-methyl/N-ethyl adjacent to an activating group) is 1. The number of nitrogens with zero attached hydrogens (tertiary/aromatic N) is 1. The quantitative estimate of drug-likeness (QED) is 0.519. The maximum Gasteiger partial charge on any atom is 0.0488 e. The summed E-state index contributed by atoms with van der Waals surface area (Å²) < 4.78 is 5.24. The third kappa shape index (κ3) is 7.92. The van der Waals surface area contributed by atoms with Crippen LogP contribution in [-0.2, 0) is 4.74 Å². The van der Waals surface area contributed by atoms with Crippen molar-refractivity contribution in [1.82, 2.24) is 0 Å². The molecule has 56 valence electrons. The molecule has 0 bridgehead atoms. The Balaban J connectivity index is 2.75. The molecule has 0 fully saturated rings. The molecule has 2 nitrogen and oxygen atoms in total. The van der Waals surface area contributed by atoms with Gasteiger partial charge in [0.2, 0.25) is 0 Å². The summed E-state index contributed by atoms with van der Waals surface area (Å²) in [5.41, 5.74) is 0. The van der Waals surface area contributed by atoms with E-state index in [9.17, 15) is 0 Å². The predicted molar refractivity (Wildman–Crippen MR) is 39.8 cm³/mol. The van der Waals surface area contributed by atoms with Gasteiger partial charge in [0.05, 0.1) is 0 Å². The SMILES string of the molecule is C[N-]CCOCC(C)C. The fourth-order valence-corrected chi connectivity index (χ4v) is 0.475. The number of ether oxygens (including phenoxy) is 1. The summed E-state index contributed by atoms with van der Waals surface area (Å²) in [6.45, 7) is 6.74. The van der Waals surface area contributed by atoms with E-state index in [-0.39, 0.29) is 0 Å². The highest BCUT2D eigenvalue weighted by Crippen LogP contribution is 1.91. The zero-order valence-corrected chi connectivity index (χ0v) is 6.55. The molecule has 0 unspecified atom stereocenters. The molecule has 0 aromatic heterocycles. The van der Waals surface area contributed by atoms with Crippen molar-refractivity contribution < 1.29 is 4.74 Å². The molecule has 0 aliphatic heterocycles. The monoisotopic (exact) mass is 130 g/mol. The first-order valence-electron chi connectivity index (χ1n) is 3.40. The Hall–Kier alpha value is -0.0800. The summed E-state index contributed by atoms with van der Waals surface area (Å²) in [7, 11) is 1.80. The second kappa shape index (κ2) is 6.05. The van der Waals surface area contributed by atoms with E-state index in [0.717, 1.165) is 19.8 Å². The van der Waals surface area contributed by atoms with E-state index in [2.05, 4.69) is 19.2 Å². The molecule has 0 radical (unpaired) electrons. The Bertz CT molecular complexity index is 54.9. The van der Waals surface area contributed by atoms with Crippen molar-refractivity contribution in [1.29, 1.82) is 0 Å². The summed E-state index contributed by atoms with van der Waals surface area (Å²) in [5, 5.41) is 3.91. The molecule has 0 rings (SSSR count). The standard InChI is InChI=1S/C7H16NO/c1-7(2)6-9-5-4-8-3/h7H,4-6H2,1-3H3/q-1. The Morgan fingerprint density at radius 1 is 1.44 bits per heavy atom. The third-order valence-electron chi connectivity index (χ3n) is 0.910. The largest absolute Gasteiger partial charge is 0.663 e. The number of rotatable bonds is 5. The summed E-state index contributed by atoms with van der Waals surface area (Å²) in [6, 6.07) is 0. The molecular formula is C7H16NO-. The Morgan fingerprint density at radius 2 is 2.11 bits per heavy atom. The first-order chi connectivity index (χ1) is 4.27.